The van der Waals surface area contributed by atoms with Crippen LogP contribution in [0.3, 0.4) is 0 Å². The Bertz CT molecular complexity index is 1250. The molecule has 0 saturated heterocycles. The standard InChI is InChI=1S/C26H23NS/c1-15-6-5-8-18(12-15)23-21-14-17-7-3-4-9-19(17)25(21)27-26-24(23)20-11-10-16(2)13-22(20)28-26/h3-9,12,16H,10-11,13-14H2,1-2H3. The Morgan fingerprint density at radius 2 is 1.93 bits per heavy atom. The lowest BCUT2D eigenvalue weighted by Gasteiger charge is -2.19. The van der Waals surface area contributed by atoms with Crippen LogP contribution in [0.2, 0.25) is 0 Å². The number of aryl methyl sites for hydroxylation is 2. The first-order valence-corrected chi connectivity index (χ1v) is 11.1. The highest BCUT2D eigenvalue weighted by atomic mass is 32.1. The number of nitrogens with zero attached hydrogens (tertiary/aromatic N) is 1. The first kappa shape index (κ1) is 16.5. The topological polar surface area (TPSA) is 12.9 Å². The van der Waals surface area contributed by atoms with Crippen molar-refractivity contribution < 1.29 is 0 Å². The SMILES string of the molecule is Cc1cccc(-c2c3c(nc4sc5c(c24)CCC(C)C5)-c2ccccc2C3)c1. The fourth-order valence-electron chi connectivity index (χ4n) is 5.12. The van der Waals surface area contributed by atoms with Crippen LogP contribution >= 0.6 is 11.3 Å². The van der Waals surface area contributed by atoms with Gasteiger partial charge in [-0.25, -0.2) is 4.98 Å². The van der Waals surface area contributed by atoms with E-state index in [1.54, 1.807) is 10.4 Å². The summed E-state index contributed by atoms with van der Waals surface area (Å²) in [5, 5.41) is 1.45. The highest BCUT2D eigenvalue weighted by Gasteiger charge is 2.29. The Morgan fingerprint density at radius 1 is 1.04 bits per heavy atom. The van der Waals surface area contributed by atoms with E-state index in [-0.39, 0.29) is 0 Å². The number of thiophene rings is 1. The summed E-state index contributed by atoms with van der Waals surface area (Å²) in [5.41, 5.74) is 11.1. The van der Waals surface area contributed by atoms with Gasteiger partial charge in [0.1, 0.15) is 4.83 Å². The summed E-state index contributed by atoms with van der Waals surface area (Å²) in [4.78, 5) is 8.07. The lowest BCUT2D eigenvalue weighted by molar-refractivity contribution is 0.509. The minimum absolute atomic E-state index is 0.788. The van der Waals surface area contributed by atoms with E-state index in [2.05, 4.69) is 62.4 Å². The van der Waals surface area contributed by atoms with E-state index in [0.717, 1.165) is 12.3 Å². The molecule has 0 saturated carbocycles. The third-order valence-corrected chi connectivity index (χ3v) is 7.64. The van der Waals surface area contributed by atoms with E-state index in [0.29, 0.717) is 0 Å². The first-order valence-electron chi connectivity index (χ1n) is 10.3. The highest BCUT2D eigenvalue weighted by molar-refractivity contribution is 7.19. The lowest BCUT2D eigenvalue weighted by Crippen LogP contribution is -2.08. The molecule has 0 fully saturated rings. The molecule has 0 spiro atoms. The molecule has 1 unspecified atom stereocenters. The van der Waals surface area contributed by atoms with Crippen molar-refractivity contribution in [3.8, 4) is 22.4 Å². The van der Waals surface area contributed by atoms with Crippen LogP contribution < -0.4 is 0 Å². The highest BCUT2D eigenvalue weighted by Crippen LogP contribution is 2.48. The molecule has 0 amide bonds. The van der Waals surface area contributed by atoms with Gasteiger partial charge in [0.05, 0.1) is 5.69 Å². The molecule has 6 rings (SSSR count). The number of benzene rings is 2. The molecule has 2 aromatic heterocycles. The van der Waals surface area contributed by atoms with Crippen molar-refractivity contribution in [2.45, 2.75) is 39.5 Å². The summed E-state index contributed by atoms with van der Waals surface area (Å²) in [5.74, 6) is 0.788. The average Bonchev–Trinajstić information content (AvgIpc) is 3.23. The van der Waals surface area contributed by atoms with Gasteiger partial charge >= 0.3 is 0 Å². The van der Waals surface area contributed by atoms with E-state index in [9.17, 15) is 0 Å². The van der Waals surface area contributed by atoms with Crippen LogP contribution in [-0.4, -0.2) is 4.98 Å². The largest absolute Gasteiger partial charge is 0.237 e. The zero-order valence-corrected chi connectivity index (χ0v) is 17.2. The monoisotopic (exact) mass is 381 g/mol. The van der Waals surface area contributed by atoms with Crippen LogP contribution in [0.25, 0.3) is 32.6 Å². The summed E-state index contributed by atoms with van der Waals surface area (Å²) in [6.07, 6.45) is 4.70. The van der Waals surface area contributed by atoms with Crippen molar-refractivity contribution in [2.24, 2.45) is 5.92 Å². The minimum atomic E-state index is 0.788. The second kappa shape index (κ2) is 6.02. The van der Waals surface area contributed by atoms with Gasteiger partial charge in [-0.2, -0.15) is 0 Å². The van der Waals surface area contributed by atoms with E-state index in [4.69, 9.17) is 4.98 Å². The van der Waals surface area contributed by atoms with E-state index in [1.807, 2.05) is 11.3 Å². The molecule has 1 nitrogen and oxygen atoms in total. The van der Waals surface area contributed by atoms with Gasteiger partial charge in [-0.05, 0) is 59.9 Å². The van der Waals surface area contributed by atoms with E-state index >= 15 is 0 Å². The molecule has 0 aliphatic heterocycles. The minimum Gasteiger partial charge on any atom is -0.237 e. The molecular weight excluding hydrogens is 358 g/mol. The van der Waals surface area contributed by atoms with E-state index in [1.165, 1.54) is 68.6 Å². The fraction of sp³-hybridized carbons (Fsp3) is 0.269. The van der Waals surface area contributed by atoms with Gasteiger partial charge in [-0.3, -0.25) is 0 Å². The maximum absolute atomic E-state index is 5.25. The Hall–Kier alpha value is -2.45. The summed E-state index contributed by atoms with van der Waals surface area (Å²) in [7, 11) is 0. The van der Waals surface area contributed by atoms with Crippen molar-refractivity contribution in [3.05, 3.63) is 75.7 Å². The Kier molecular flexibility index (Phi) is 3.55. The molecule has 2 heterocycles. The average molecular weight is 382 g/mol. The van der Waals surface area contributed by atoms with Crippen LogP contribution in [0.4, 0.5) is 0 Å². The van der Waals surface area contributed by atoms with Crippen LogP contribution in [-0.2, 0) is 19.3 Å². The second-order valence-electron chi connectivity index (χ2n) is 8.55. The van der Waals surface area contributed by atoms with Gasteiger partial charge in [0.25, 0.3) is 0 Å². The number of pyridine rings is 1. The zero-order chi connectivity index (χ0) is 18.8. The molecule has 0 N–H and O–H groups in total. The molecule has 2 aliphatic carbocycles. The predicted octanol–water partition coefficient (Wildman–Crippen LogP) is 6.97. The van der Waals surface area contributed by atoms with Crippen molar-refractivity contribution in [1.82, 2.24) is 4.98 Å². The number of aromatic nitrogens is 1. The van der Waals surface area contributed by atoms with Gasteiger partial charge < -0.3 is 0 Å². The maximum Gasteiger partial charge on any atom is 0.125 e. The van der Waals surface area contributed by atoms with Gasteiger partial charge in [-0.15, -0.1) is 11.3 Å². The van der Waals surface area contributed by atoms with Crippen molar-refractivity contribution in [3.63, 3.8) is 0 Å². The molecule has 28 heavy (non-hydrogen) atoms. The summed E-state index contributed by atoms with van der Waals surface area (Å²) in [6.45, 7) is 4.58. The molecule has 138 valence electrons. The maximum atomic E-state index is 5.25. The van der Waals surface area contributed by atoms with Crippen LogP contribution in [0, 0.1) is 12.8 Å². The number of hydrogen-bond acceptors (Lipinski definition) is 2. The fourth-order valence-corrected chi connectivity index (χ4v) is 6.51. The molecular formula is C26H23NS. The van der Waals surface area contributed by atoms with Crippen LogP contribution in [0.15, 0.2) is 48.5 Å². The van der Waals surface area contributed by atoms with Crippen molar-refractivity contribution >= 4 is 21.6 Å². The predicted molar refractivity (Wildman–Crippen MR) is 119 cm³/mol. The van der Waals surface area contributed by atoms with Gasteiger partial charge in [0.2, 0.25) is 0 Å². The van der Waals surface area contributed by atoms with Crippen LogP contribution in [0.1, 0.15) is 40.5 Å². The smallest absolute Gasteiger partial charge is 0.125 e. The van der Waals surface area contributed by atoms with E-state index < -0.39 is 0 Å². The first-order chi connectivity index (χ1) is 13.7. The zero-order valence-electron chi connectivity index (χ0n) is 16.4. The number of hydrogen-bond donors (Lipinski definition) is 0. The van der Waals surface area contributed by atoms with Crippen molar-refractivity contribution in [1.29, 1.82) is 0 Å². The molecule has 4 aromatic rings. The van der Waals surface area contributed by atoms with Crippen molar-refractivity contribution in [2.75, 3.05) is 0 Å². The quantitative estimate of drug-likeness (QED) is 0.305. The molecule has 1 atom stereocenters. The Morgan fingerprint density at radius 3 is 2.82 bits per heavy atom. The number of fused-ring (bicyclic) bond motifs is 6. The molecule has 0 radical (unpaired) electrons. The number of rotatable bonds is 1. The molecule has 2 aromatic carbocycles. The van der Waals surface area contributed by atoms with Gasteiger partial charge in [0, 0.05) is 22.2 Å². The Labute approximate surface area is 170 Å². The summed E-state index contributed by atoms with van der Waals surface area (Å²) < 4.78 is 0. The third-order valence-electron chi connectivity index (χ3n) is 6.49. The molecule has 2 aliphatic rings. The molecule has 0 bridgehead atoms. The molecule has 2 heteroatoms. The normalized spacial score (nSPS) is 17.4. The summed E-state index contributed by atoms with van der Waals surface area (Å²) in [6, 6.07) is 17.9. The van der Waals surface area contributed by atoms with Crippen LogP contribution in [0.5, 0.6) is 0 Å². The third kappa shape index (κ3) is 2.34. The van der Waals surface area contributed by atoms with Gasteiger partial charge in [0.15, 0.2) is 0 Å². The second-order valence-corrected chi connectivity index (χ2v) is 9.63. The van der Waals surface area contributed by atoms with Gasteiger partial charge in [-0.1, -0.05) is 61.0 Å². The Balaban J connectivity index is 1.73. The summed E-state index contributed by atoms with van der Waals surface area (Å²) >= 11 is 1.95. The lowest BCUT2D eigenvalue weighted by atomic mass is 9.86.